The van der Waals surface area contributed by atoms with Crippen LogP contribution in [0.1, 0.15) is 0 Å². The Balaban J connectivity index is 1.62. The predicted molar refractivity (Wildman–Crippen MR) is 152 cm³/mol. The largest absolute Gasteiger partial charge is 0.449 e. The number of rotatable bonds is 8. The molecule has 0 aromatic heterocycles. The highest BCUT2D eigenvalue weighted by molar-refractivity contribution is 6.31. The van der Waals surface area contributed by atoms with Crippen LogP contribution in [0.4, 0.5) is 0 Å². The summed E-state index contributed by atoms with van der Waals surface area (Å²) in [5, 5.41) is 1.82. The summed E-state index contributed by atoms with van der Waals surface area (Å²) < 4.78 is 23.6. The van der Waals surface area contributed by atoms with Crippen LogP contribution in [0.5, 0.6) is 23.0 Å². The molecule has 40 heavy (non-hydrogen) atoms. The van der Waals surface area contributed by atoms with E-state index in [1.165, 1.54) is 48.5 Å². The minimum Gasteiger partial charge on any atom is -0.449 e. The van der Waals surface area contributed by atoms with Crippen LogP contribution in [-0.4, -0.2) is 11.6 Å². The van der Waals surface area contributed by atoms with Crippen LogP contribution in [-0.2, 0) is 9.59 Å². The summed E-state index contributed by atoms with van der Waals surface area (Å²) in [6.45, 7) is 0. The average Bonchev–Trinajstić information content (AvgIpc) is 2.95. The molecule has 0 saturated carbocycles. The van der Waals surface area contributed by atoms with Crippen molar-refractivity contribution < 1.29 is 28.5 Å². The zero-order chi connectivity index (χ0) is 28.2. The summed E-state index contributed by atoms with van der Waals surface area (Å²) in [5.74, 6) is -2.39. The average molecular weight is 614 g/mol. The number of hydrogen-bond donors (Lipinski definition) is 0. The Kier molecular flexibility index (Phi) is 8.33. The Morgan fingerprint density at radius 1 is 0.325 bits per heavy atom. The number of ketones is 2. The first-order chi connectivity index (χ1) is 19.3. The van der Waals surface area contributed by atoms with Crippen LogP contribution in [0.3, 0.4) is 0 Å². The summed E-state index contributed by atoms with van der Waals surface area (Å²) in [4.78, 5) is 27.9. The maximum atomic E-state index is 14.0. The van der Waals surface area contributed by atoms with Gasteiger partial charge in [-0.25, -0.2) is 0 Å². The Labute approximate surface area is 248 Å². The van der Waals surface area contributed by atoms with Gasteiger partial charge < -0.3 is 18.9 Å². The van der Waals surface area contributed by atoms with Gasteiger partial charge in [-0.3, -0.25) is 9.59 Å². The van der Waals surface area contributed by atoms with Gasteiger partial charge in [0.1, 0.15) is 23.0 Å². The predicted octanol–water partition coefficient (Wildman–Crippen LogP) is 8.49. The number of carbonyl (C=O) groups is 2. The molecule has 0 fully saturated rings. The van der Waals surface area contributed by atoms with Gasteiger partial charge in [0, 0.05) is 20.1 Å². The molecule has 4 aromatic carbocycles. The van der Waals surface area contributed by atoms with Gasteiger partial charge in [-0.15, -0.1) is 0 Å². The van der Waals surface area contributed by atoms with Crippen LogP contribution in [0.25, 0.3) is 0 Å². The number of carbonyl (C=O) groups excluding carboxylic acids is 2. The molecular formula is C30H16Cl4O6. The lowest BCUT2D eigenvalue weighted by molar-refractivity contribution is -0.122. The number of halogens is 4. The molecule has 0 radical (unpaired) electrons. The van der Waals surface area contributed by atoms with Crippen LogP contribution in [0.15, 0.2) is 120 Å². The van der Waals surface area contributed by atoms with Gasteiger partial charge in [0.05, 0.1) is 0 Å². The lowest BCUT2D eigenvalue weighted by Gasteiger charge is -2.23. The van der Waals surface area contributed by atoms with E-state index in [1.807, 2.05) is 0 Å². The highest BCUT2D eigenvalue weighted by Crippen LogP contribution is 2.33. The molecule has 0 aliphatic heterocycles. The first-order valence-corrected chi connectivity index (χ1v) is 13.1. The fourth-order valence-corrected chi connectivity index (χ4v) is 3.98. The molecule has 200 valence electrons. The molecule has 0 saturated heterocycles. The molecule has 4 aromatic rings. The van der Waals surface area contributed by atoms with Crippen molar-refractivity contribution >= 4 is 58.0 Å². The van der Waals surface area contributed by atoms with E-state index in [2.05, 4.69) is 0 Å². The van der Waals surface area contributed by atoms with Gasteiger partial charge in [-0.1, -0.05) is 46.4 Å². The lowest BCUT2D eigenvalue weighted by atomic mass is 10.0. The molecular weight excluding hydrogens is 598 g/mol. The Hall–Kier alpha value is -3.94. The summed E-state index contributed by atoms with van der Waals surface area (Å²) in [6.07, 6.45) is 0. The topological polar surface area (TPSA) is 71.1 Å². The molecule has 0 N–H and O–H groups in total. The normalized spacial score (nSPS) is 13.4. The van der Waals surface area contributed by atoms with E-state index in [0.717, 1.165) is 0 Å². The molecule has 0 heterocycles. The van der Waals surface area contributed by atoms with Crippen molar-refractivity contribution in [3.05, 3.63) is 140 Å². The van der Waals surface area contributed by atoms with Crippen molar-refractivity contribution in [1.82, 2.24) is 0 Å². The molecule has 10 heteroatoms. The van der Waals surface area contributed by atoms with Crippen molar-refractivity contribution in [2.45, 2.75) is 0 Å². The smallest absolute Gasteiger partial charge is 0.271 e. The standard InChI is InChI=1S/C30H16Cl4O6/c31-17-1-9-21(10-2-17)37-27-25(35)29(39-23-13-5-19(33)6-14-23)30(40-24-15-7-20(34)8-16-24)26(36)28(27)38-22-11-3-18(32)4-12-22/h1-16H. The number of Topliss-reactive ketones (excluding diaryl/α,β-unsaturated/α-hetero) is 2. The SMILES string of the molecule is O=C1C(Oc2ccc(Cl)cc2)=C(Oc2ccc(Cl)cc2)C(=O)C(Oc2ccc(Cl)cc2)=C1Oc1ccc(Cl)cc1. The number of hydrogen-bond acceptors (Lipinski definition) is 6. The van der Waals surface area contributed by atoms with E-state index in [4.69, 9.17) is 65.4 Å². The van der Waals surface area contributed by atoms with Gasteiger partial charge in [0.15, 0.2) is 0 Å². The molecule has 0 amide bonds. The highest BCUT2D eigenvalue weighted by atomic mass is 35.5. The first kappa shape index (κ1) is 27.6. The van der Waals surface area contributed by atoms with Crippen LogP contribution in [0.2, 0.25) is 20.1 Å². The summed E-state index contributed by atoms with van der Waals surface area (Å²) in [5.41, 5.74) is 0. The second-order valence-corrected chi connectivity index (χ2v) is 9.94. The molecule has 1 aliphatic rings. The van der Waals surface area contributed by atoms with E-state index >= 15 is 0 Å². The van der Waals surface area contributed by atoms with Gasteiger partial charge in [0.2, 0.25) is 23.0 Å². The second kappa shape index (κ2) is 12.1. The fourth-order valence-electron chi connectivity index (χ4n) is 3.47. The maximum Gasteiger partial charge on any atom is 0.271 e. The van der Waals surface area contributed by atoms with Crippen molar-refractivity contribution in [2.24, 2.45) is 0 Å². The van der Waals surface area contributed by atoms with Crippen molar-refractivity contribution in [1.29, 1.82) is 0 Å². The van der Waals surface area contributed by atoms with Crippen molar-refractivity contribution in [3.63, 3.8) is 0 Å². The Bertz CT molecular complexity index is 1380. The van der Waals surface area contributed by atoms with Gasteiger partial charge in [-0.05, 0) is 97.1 Å². The zero-order valence-electron chi connectivity index (χ0n) is 20.2. The Morgan fingerprint density at radius 3 is 0.675 bits per heavy atom. The number of ether oxygens (including phenoxy) is 4. The van der Waals surface area contributed by atoms with Gasteiger partial charge in [0.25, 0.3) is 11.6 Å². The van der Waals surface area contributed by atoms with E-state index < -0.39 is 34.6 Å². The fraction of sp³-hybridized carbons (Fsp3) is 0. The van der Waals surface area contributed by atoms with Crippen molar-refractivity contribution in [2.75, 3.05) is 0 Å². The molecule has 1 aliphatic carbocycles. The van der Waals surface area contributed by atoms with Gasteiger partial charge >= 0.3 is 0 Å². The van der Waals surface area contributed by atoms with Crippen molar-refractivity contribution in [3.8, 4) is 23.0 Å². The molecule has 0 spiro atoms. The highest BCUT2D eigenvalue weighted by Gasteiger charge is 2.42. The zero-order valence-corrected chi connectivity index (χ0v) is 23.2. The minimum atomic E-state index is -0.808. The monoisotopic (exact) mass is 612 g/mol. The van der Waals surface area contributed by atoms with Crippen LogP contribution >= 0.6 is 46.4 Å². The van der Waals surface area contributed by atoms with E-state index in [9.17, 15) is 9.59 Å². The minimum absolute atomic E-state index is 0.227. The maximum absolute atomic E-state index is 14.0. The van der Waals surface area contributed by atoms with E-state index in [-0.39, 0.29) is 23.0 Å². The third-order valence-electron chi connectivity index (χ3n) is 5.37. The molecule has 0 bridgehead atoms. The number of benzene rings is 4. The van der Waals surface area contributed by atoms with E-state index in [1.54, 1.807) is 48.5 Å². The molecule has 0 atom stereocenters. The lowest BCUT2D eigenvalue weighted by Crippen LogP contribution is -2.33. The quantitative estimate of drug-likeness (QED) is 0.186. The second-order valence-electron chi connectivity index (χ2n) is 8.20. The van der Waals surface area contributed by atoms with Crippen LogP contribution < -0.4 is 18.9 Å². The first-order valence-electron chi connectivity index (χ1n) is 11.6. The van der Waals surface area contributed by atoms with Crippen LogP contribution in [0, 0.1) is 0 Å². The molecule has 6 nitrogen and oxygen atoms in total. The summed E-state index contributed by atoms with van der Waals surface area (Å²) in [6, 6.07) is 24.9. The molecule has 5 rings (SSSR count). The van der Waals surface area contributed by atoms with E-state index in [0.29, 0.717) is 20.1 Å². The third-order valence-corrected chi connectivity index (χ3v) is 6.38. The van der Waals surface area contributed by atoms with Gasteiger partial charge in [-0.2, -0.15) is 0 Å². The summed E-state index contributed by atoms with van der Waals surface area (Å²) in [7, 11) is 0. The Morgan fingerprint density at radius 2 is 0.500 bits per heavy atom. The molecule has 0 unspecified atom stereocenters. The summed E-state index contributed by atoms with van der Waals surface area (Å²) >= 11 is 24.0. The third kappa shape index (κ3) is 6.43.